The van der Waals surface area contributed by atoms with E-state index in [-0.39, 0.29) is 29.4 Å². The normalized spacial score (nSPS) is 16.1. The van der Waals surface area contributed by atoms with Gasteiger partial charge in [-0.2, -0.15) is 0 Å². The second-order valence-electron chi connectivity index (χ2n) is 9.70. The van der Waals surface area contributed by atoms with Gasteiger partial charge >= 0.3 is 0 Å². The summed E-state index contributed by atoms with van der Waals surface area (Å²) in [7, 11) is 0. The summed E-state index contributed by atoms with van der Waals surface area (Å²) in [4.78, 5) is 32.4. The van der Waals surface area contributed by atoms with Crippen LogP contribution in [0.5, 0.6) is 17.2 Å². The van der Waals surface area contributed by atoms with Crippen molar-refractivity contribution in [2.24, 2.45) is 0 Å². The minimum absolute atomic E-state index is 0.0481. The van der Waals surface area contributed by atoms with Gasteiger partial charge in [0.2, 0.25) is 0 Å². The molecule has 208 valence electrons. The molecule has 1 atom stereocenters. The predicted octanol–water partition coefficient (Wildman–Crippen LogP) is 5.70. The summed E-state index contributed by atoms with van der Waals surface area (Å²) in [5.74, 6) is -1.08. The first kappa shape index (κ1) is 27.5. The van der Waals surface area contributed by atoms with Crippen LogP contribution in [0.4, 0.5) is 0 Å². The van der Waals surface area contributed by atoms with Gasteiger partial charge < -0.3 is 24.6 Å². The monoisotopic (exact) mass is 550 g/mol. The van der Waals surface area contributed by atoms with Crippen molar-refractivity contribution < 1.29 is 29.3 Å². The number of carbonyl (C=O) groups excluding carboxylic acids is 2. The largest absolute Gasteiger partial charge is 0.507 e. The van der Waals surface area contributed by atoms with Gasteiger partial charge in [-0.15, -0.1) is 0 Å². The number of hydrogen-bond donors (Lipinski definition) is 2. The summed E-state index contributed by atoms with van der Waals surface area (Å²) < 4.78 is 11.5. The molecule has 0 aliphatic carbocycles. The maximum absolute atomic E-state index is 13.5. The van der Waals surface area contributed by atoms with Crippen LogP contribution in [-0.4, -0.2) is 38.4 Å². The van der Waals surface area contributed by atoms with Gasteiger partial charge in [0.05, 0.1) is 18.2 Å². The molecule has 8 heteroatoms. The Balaban J connectivity index is 1.55. The number of benzene rings is 3. The highest BCUT2D eigenvalue weighted by Crippen LogP contribution is 2.43. The Kier molecular flexibility index (Phi) is 8.01. The van der Waals surface area contributed by atoms with Crippen molar-refractivity contribution in [2.75, 3.05) is 6.61 Å². The molecule has 2 heterocycles. The molecule has 0 radical (unpaired) electrons. The molecular weight excluding hydrogens is 520 g/mol. The zero-order valence-electron chi connectivity index (χ0n) is 22.8. The number of carbonyl (C=O) groups is 2. The summed E-state index contributed by atoms with van der Waals surface area (Å²) in [5.41, 5.74) is 3.28. The molecule has 1 fully saturated rings. The van der Waals surface area contributed by atoms with Crippen LogP contribution in [0.15, 0.2) is 96.8 Å². The first-order valence-corrected chi connectivity index (χ1v) is 13.3. The highest BCUT2D eigenvalue weighted by atomic mass is 16.5. The third kappa shape index (κ3) is 5.77. The van der Waals surface area contributed by atoms with Gasteiger partial charge in [0.1, 0.15) is 18.1 Å². The first-order chi connectivity index (χ1) is 19.9. The zero-order valence-corrected chi connectivity index (χ0v) is 22.8. The summed E-state index contributed by atoms with van der Waals surface area (Å²) in [6, 6.07) is 22.2. The summed E-state index contributed by atoms with van der Waals surface area (Å²) in [5, 5.41) is 21.9. The number of rotatable bonds is 9. The smallest absolute Gasteiger partial charge is 0.295 e. The third-order valence-corrected chi connectivity index (χ3v) is 6.92. The highest BCUT2D eigenvalue weighted by molar-refractivity contribution is 6.46. The maximum Gasteiger partial charge on any atom is 0.295 e. The second-order valence-corrected chi connectivity index (χ2v) is 9.70. The Morgan fingerprint density at radius 1 is 0.951 bits per heavy atom. The lowest BCUT2D eigenvalue weighted by Crippen LogP contribution is -2.29. The lowest BCUT2D eigenvalue weighted by molar-refractivity contribution is -0.140. The molecule has 1 aliphatic rings. The molecule has 0 spiro atoms. The SMILES string of the molecule is CCOc1cc([C@@H]2/C(=C(\O)c3ccc(OCc4ccccc4)cc3C)C(=O)C(=O)N2Cc2cccnc2)ccc1O. The first-order valence-electron chi connectivity index (χ1n) is 13.3. The number of ether oxygens (including phenoxy) is 2. The molecule has 5 rings (SSSR count). The Bertz CT molecular complexity index is 1600. The number of ketones is 1. The lowest BCUT2D eigenvalue weighted by Gasteiger charge is -2.26. The highest BCUT2D eigenvalue weighted by Gasteiger charge is 2.46. The number of aromatic nitrogens is 1. The van der Waals surface area contributed by atoms with Crippen LogP contribution in [0.25, 0.3) is 5.76 Å². The van der Waals surface area contributed by atoms with E-state index in [1.54, 1.807) is 62.6 Å². The van der Waals surface area contributed by atoms with Crippen molar-refractivity contribution in [1.82, 2.24) is 9.88 Å². The molecule has 1 aromatic heterocycles. The van der Waals surface area contributed by atoms with Gasteiger partial charge in [-0.05, 0) is 72.5 Å². The quantitative estimate of drug-likeness (QED) is 0.156. The van der Waals surface area contributed by atoms with Gasteiger partial charge in [-0.1, -0.05) is 42.5 Å². The fourth-order valence-electron chi connectivity index (χ4n) is 4.93. The zero-order chi connectivity index (χ0) is 28.9. The summed E-state index contributed by atoms with van der Waals surface area (Å²) >= 11 is 0. The van der Waals surface area contributed by atoms with E-state index in [0.29, 0.717) is 35.7 Å². The van der Waals surface area contributed by atoms with Gasteiger partial charge in [0.25, 0.3) is 11.7 Å². The van der Waals surface area contributed by atoms with Crippen LogP contribution in [0.2, 0.25) is 0 Å². The summed E-state index contributed by atoms with van der Waals surface area (Å²) in [6.45, 7) is 4.38. The van der Waals surface area contributed by atoms with Gasteiger partial charge in [0.15, 0.2) is 11.5 Å². The van der Waals surface area contributed by atoms with Crippen molar-refractivity contribution in [3.63, 3.8) is 0 Å². The van der Waals surface area contributed by atoms with Crippen molar-refractivity contribution in [1.29, 1.82) is 0 Å². The van der Waals surface area contributed by atoms with Crippen LogP contribution in [0, 0.1) is 6.92 Å². The number of phenolic OH excluding ortho intramolecular Hbond substituents is 1. The topological polar surface area (TPSA) is 109 Å². The fraction of sp³-hybridized carbons (Fsp3) is 0.182. The van der Waals surface area contributed by atoms with Crippen LogP contribution in [0.1, 0.15) is 40.8 Å². The van der Waals surface area contributed by atoms with Crippen molar-refractivity contribution >= 4 is 17.4 Å². The number of likely N-dealkylation sites (tertiary alicyclic amines) is 1. The van der Waals surface area contributed by atoms with Crippen LogP contribution in [0.3, 0.4) is 0 Å². The van der Waals surface area contributed by atoms with E-state index < -0.39 is 17.7 Å². The molecule has 1 amide bonds. The molecule has 2 N–H and O–H groups in total. The van der Waals surface area contributed by atoms with E-state index in [0.717, 1.165) is 11.1 Å². The number of nitrogens with zero attached hydrogens (tertiary/aromatic N) is 2. The Labute approximate surface area is 238 Å². The van der Waals surface area contributed by atoms with E-state index in [2.05, 4.69) is 4.98 Å². The molecule has 0 bridgehead atoms. The van der Waals surface area contributed by atoms with Crippen LogP contribution in [-0.2, 0) is 22.7 Å². The second kappa shape index (κ2) is 12.0. The van der Waals surface area contributed by atoms with Crippen LogP contribution >= 0.6 is 0 Å². The molecular formula is C33H30N2O6. The molecule has 0 unspecified atom stereocenters. The molecule has 3 aromatic carbocycles. The van der Waals surface area contributed by atoms with E-state index in [1.807, 2.05) is 36.4 Å². The van der Waals surface area contributed by atoms with Gasteiger partial charge in [-0.3, -0.25) is 14.6 Å². The molecule has 8 nitrogen and oxygen atoms in total. The van der Waals surface area contributed by atoms with Crippen molar-refractivity contribution in [2.45, 2.75) is 33.0 Å². The fourth-order valence-corrected chi connectivity index (χ4v) is 4.93. The average molecular weight is 551 g/mol. The predicted molar refractivity (Wildman–Crippen MR) is 153 cm³/mol. The summed E-state index contributed by atoms with van der Waals surface area (Å²) in [6.07, 6.45) is 3.25. The molecule has 0 saturated carbocycles. The minimum atomic E-state index is -0.927. The Hall–Kier alpha value is -5.11. The Morgan fingerprint density at radius 3 is 2.44 bits per heavy atom. The lowest BCUT2D eigenvalue weighted by atomic mass is 9.93. The molecule has 1 aliphatic heterocycles. The van der Waals surface area contributed by atoms with Crippen LogP contribution < -0.4 is 9.47 Å². The van der Waals surface area contributed by atoms with Gasteiger partial charge in [0, 0.05) is 24.5 Å². The molecule has 41 heavy (non-hydrogen) atoms. The number of aliphatic hydroxyl groups is 1. The molecule has 4 aromatic rings. The number of amides is 1. The number of phenols is 1. The third-order valence-electron chi connectivity index (χ3n) is 6.92. The number of hydrogen-bond acceptors (Lipinski definition) is 7. The maximum atomic E-state index is 13.5. The Morgan fingerprint density at radius 2 is 1.73 bits per heavy atom. The van der Waals surface area contributed by atoms with E-state index in [1.165, 1.54) is 11.0 Å². The standard InChI is InChI=1S/C33H30N2O6/c1-3-40-28-17-24(11-14-27(28)36)30-29(32(38)33(39)35(30)19-23-10-7-15-34-18-23)31(37)26-13-12-25(16-21(26)2)41-20-22-8-5-4-6-9-22/h4-18,30,36-37H,3,19-20H2,1-2H3/b31-29+/t30-/m1/s1. The number of pyridine rings is 1. The number of aromatic hydroxyl groups is 1. The number of Topliss-reactive ketones (excluding diaryl/α,β-unsaturated/α-hetero) is 1. The van der Waals surface area contributed by atoms with Crippen molar-refractivity contribution in [3.8, 4) is 17.2 Å². The minimum Gasteiger partial charge on any atom is -0.507 e. The number of aliphatic hydroxyl groups excluding tert-OH is 1. The van der Waals surface area contributed by atoms with E-state index in [4.69, 9.17) is 9.47 Å². The van der Waals surface area contributed by atoms with E-state index in [9.17, 15) is 19.8 Å². The molecule has 1 saturated heterocycles. The average Bonchev–Trinajstić information content (AvgIpc) is 3.23. The van der Waals surface area contributed by atoms with Gasteiger partial charge in [-0.25, -0.2) is 0 Å². The van der Waals surface area contributed by atoms with Crippen molar-refractivity contribution in [3.05, 3.63) is 125 Å². The number of aryl methyl sites for hydroxylation is 1. The van der Waals surface area contributed by atoms with E-state index >= 15 is 0 Å².